The second kappa shape index (κ2) is 31.1. The van der Waals surface area contributed by atoms with E-state index in [0.29, 0.717) is 50.5 Å². The zero-order valence-electron chi connectivity index (χ0n) is 36.3. The highest BCUT2D eigenvalue weighted by atomic mass is 79.9. The molecule has 0 bridgehead atoms. The molecule has 1 rings (SSSR count). The van der Waals surface area contributed by atoms with Gasteiger partial charge in [-0.3, -0.25) is 19.2 Å². The summed E-state index contributed by atoms with van der Waals surface area (Å²) < 4.78 is 44.0. The minimum atomic E-state index is -1.44. The first kappa shape index (κ1) is 60.3. The van der Waals surface area contributed by atoms with Gasteiger partial charge in [0, 0.05) is 16.8 Å². The van der Waals surface area contributed by atoms with E-state index in [4.69, 9.17) is 58.0 Å². The normalized spacial score (nSPS) is 15.4. The molecule has 0 amide bonds. The largest absolute Gasteiger partial charge is 0.465 e. The second-order valence-electron chi connectivity index (χ2n) is 15.7. The third-order valence-corrected chi connectivity index (χ3v) is 9.37. The Morgan fingerprint density at radius 2 is 1.12 bits per heavy atom. The molecule has 1 fully saturated rings. The molecule has 21 heteroatoms. The second-order valence-corrected chi connectivity index (χ2v) is 20.3. The van der Waals surface area contributed by atoms with Gasteiger partial charge in [0.2, 0.25) is 0 Å². The van der Waals surface area contributed by atoms with Crippen LogP contribution >= 0.6 is 47.8 Å². The van der Waals surface area contributed by atoms with Crippen molar-refractivity contribution < 1.29 is 87.0 Å². The molecule has 60 heavy (non-hydrogen) atoms. The van der Waals surface area contributed by atoms with E-state index in [-0.39, 0.29) is 70.2 Å². The molecule has 1 heterocycles. The van der Waals surface area contributed by atoms with E-state index in [9.17, 15) is 29.1 Å². The van der Waals surface area contributed by atoms with Crippen LogP contribution in [0.25, 0.3) is 0 Å². The van der Waals surface area contributed by atoms with Crippen molar-refractivity contribution in [3.63, 3.8) is 0 Å². The molecule has 0 saturated carbocycles. The summed E-state index contributed by atoms with van der Waals surface area (Å²) in [6.45, 7) is 19.4. The molecule has 0 aliphatic carbocycles. The van der Waals surface area contributed by atoms with Gasteiger partial charge in [0.15, 0.2) is 0 Å². The van der Waals surface area contributed by atoms with E-state index >= 15 is 0 Å². The standard InChI is InChI=1S/C18H30Br2O9.C14H27BrO6.C7H10O3/c1-16(2,19)13(23)28-10-18(5,11-29-14(24)17(3,4)20)15(25)27-7-6-26-9-12(22)8-21;1-11(8-21-13(18)14(2,3)10-15)7-19-4-5-20-9-12(17)6-16;1-5(2)7(8)10-4-6-3-9-6/h12,21-22H,6-11H2,1-5H3;11-12,16-17H,4-10H2,1-3H3;6H,1,3-4H2,2H3. The molecular weight excluding hydrogens is 996 g/mol. The number of hydrogen-bond acceptors (Lipinski definition) is 18. The third kappa shape index (κ3) is 30.3. The third-order valence-electron chi connectivity index (χ3n) is 7.32. The Hall–Kier alpha value is -1.79. The summed E-state index contributed by atoms with van der Waals surface area (Å²) in [5.74, 6) is -2.40. The van der Waals surface area contributed by atoms with Crippen molar-refractivity contribution in [3.8, 4) is 0 Å². The van der Waals surface area contributed by atoms with Gasteiger partial charge >= 0.3 is 29.8 Å². The van der Waals surface area contributed by atoms with Crippen molar-refractivity contribution >= 4 is 77.6 Å². The number of esters is 5. The summed E-state index contributed by atoms with van der Waals surface area (Å²) >= 11 is 9.64. The maximum atomic E-state index is 12.6. The van der Waals surface area contributed by atoms with Gasteiger partial charge in [-0.25, -0.2) is 4.79 Å². The molecule has 4 atom stereocenters. The summed E-state index contributed by atoms with van der Waals surface area (Å²) in [5.41, 5.74) is -1.53. The van der Waals surface area contributed by atoms with Crippen LogP contribution in [0.5, 0.6) is 0 Å². The summed E-state index contributed by atoms with van der Waals surface area (Å²) in [4.78, 5) is 59.1. The predicted molar refractivity (Wildman–Crippen MR) is 229 cm³/mol. The number of rotatable bonds is 28. The Morgan fingerprint density at radius 1 is 0.683 bits per heavy atom. The molecule has 1 saturated heterocycles. The molecule has 1 aliphatic rings. The van der Waals surface area contributed by atoms with Crippen LogP contribution in [0.15, 0.2) is 12.2 Å². The van der Waals surface area contributed by atoms with Crippen LogP contribution in [0.3, 0.4) is 0 Å². The molecule has 0 radical (unpaired) electrons. The number of aliphatic hydroxyl groups is 4. The average Bonchev–Trinajstić information content (AvgIpc) is 4.02. The quantitative estimate of drug-likeness (QED) is 0.0220. The van der Waals surface area contributed by atoms with Crippen molar-refractivity contribution in [2.45, 2.75) is 89.3 Å². The van der Waals surface area contributed by atoms with Crippen LogP contribution < -0.4 is 0 Å². The van der Waals surface area contributed by atoms with Crippen LogP contribution in [-0.2, 0) is 66.6 Å². The van der Waals surface area contributed by atoms with Gasteiger partial charge in [-0.05, 0) is 55.4 Å². The van der Waals surface area contributed by atoms with Crippen molar-refractivity contribution in [2.24, 2.45) is 16.7 Å². The van der Waals surface area contributed by atoms with Crippen molar-refractivity contribution in [3.05, 3.63) is 12.2 Å². The summed E-state index contributed by atoms with van der Waals surface area (Å²) in [7, 11) is 0. The smallest absolute Gasteiger partial charge is 0.333 e. The van der Waals surface area contributed by atoms with Crippen LogP contribution in [0.4, 0.5) is 0 Å². The van der Waals surface area contributed by atoms with Gasteiger partial charge in [-0.15, -0.1) is 0 Å². The topological polar surface area (TPSA) is 253 Å². The van der Waals surface area contributed by atoms with E-state index in [1.807, 2.05) is 20.8 Å². The SMILES string of the molecule is C=C(C)C(=O)OCC1CO1.CC(C)(Br)C(=O)OCC(C)(COC(=O)C(C)(C)Br)C(=O)OCCOCC(O)CO.CC(COCCOCC(O)CO)COC(=O)C(C)(C)CBr. The number of halogens is 3. The number of ether oxygens (including phenoxy) is 9. The molecule has 4 unspecified atom stereocenters. The van der Waals surface area contributed by atoms with E-state index in [1.165, 1.54) is 6.92 Å². The van der Waals surface area contributed by atoms with Gasteiger partial charge in [-0.2, -0.15) is 0 Å². The number of carbonyl (C=O) groups excluding carboxylic acids is 5. The van der Waals surface area contributed by atoms with Gasteiger partial charge in [0.25, 0.3) is 0 Å². The zero-order chi connectivity index (χ0) is 46.7. The predicted octanol–water partition coefficient (Wildman–Crippen LogP) is 2.82. The lowest BCUT2D eigenvalue weighted by Gasteiger charge is -2.28. The highest BCUT2D eigenvalue weighted by molar-refractivity contribution is 9.10. The summed E-state index contributed by atoms with van der Waals surface area (Å²) in [6, 6.07) is 0. The minimum absolute atomic E-state index is 0.0126. The fourth-order valence-electron chi connectivity index (χ4n) is 3.24. The number of epoxide rings is 1. The number of carbonyl (C=O) groups is 5. The van der Waals surface area contributed by atoms with Gasteiger partial charge in [-0.1, -0.05) is 61.3 Å². The number of hydrogen-bond donors (Lipinski definition) is 4. The molecule has 0 aromatic rings. The first-order valence-corrected chi connectivity index (χ1v) is 21.8. The molecule has 4 N–H and O–H groups in total. The fourth-order valence-corrected chi connectivity index (χ4v) is 3.70. The number of alkyl halides is 3. The van der Waals surface area contributed by atoms with Gasteiger partial charge in [0.1, 0.15) is 58.8 Å². The Kier molecular flexibility index (Phi) is 31.3. The van der Waals surface area contributed by atoms with E-state index in [1.54, 1.807) is 34.6 Å². The fraction of sp³-hybridized carbons (Fsp3) is 0.821. The van der Waals surface area contributed by atoms with Gasteiger partial charge in [0.05, 0.1) is 71.5 Å². The monoisotopic (exact) mass is 1060 g/mol. The van der Waals surface area contributed by atoms with Crippen LogP contribution in [0, 0.1) is 16.7 Å². The molecule has 18 nitrogen and oxygen atoms in total. The number of aliphatic hydroxyl groups excluding tert-OH is 4. The molecule has 0 aromatic heterocycles. The molecule has 0 spiro atoms. The highest BCUT2D eigenvalue weighted by Gasteiger charge is 2.41. The first-order chi connectivity index (χ1) is 27.7. The van der Waals surface area contributed by atoms with Crippen molar-refractivity contribution in [2.75, 3.05) is 97.8 Å². The van der Waals surface area contributed by atoms with Crippen LogP contribution in [0.2, 0.25) is 0 Å². The van der Waals surface area contributed by atoms with Crippen LogP contribution in [-0.4, -0.2) is 175 Å². The van der Waals surface area contributed by atoms with E-state index in [2.05, 4.69) is 54.4 Å². The Morgan fingerprint density at radius 3 is 1.50 bits per heavy atom. The molecular formula is C39H67Br3O18. The van der Waals surface area contributed by atoms with Gasteiger partial charge < -0.3 is 63.1 Å². The first-order valence-electron chi connectivity index (χ1n) is 19.0. The molecule has 1 aliphatic heterocycles. The zero-order valence-corrected chi connectivity index (χ0v) is 41.0. The van der Waals surface area contributed by atoms with Crippen molar-refractivity contribution in [1.29, 1.82) is 0 Å². The van der Waals surface area contributed by atoms with Crippen molar-refractivity contribution in [1.82, 2.24) is 0 Å². The molecule has 352 valence electrons. The van der Waals surface area contributed by atoms with E-state index in [0.717, 1.165) is 0 Å². The minimum Gasteiger partial charge on any atom is -0.465 e. The highest BCUT2D eigenvalue weighted by Crippen LogP contribution is 2.26. The lowest BCUT2D eigenvalue weighted by atomic mass is 9.93. The average molecular weight is 1060 g/mol. The summed E-state index contributed by atoms with van der Waals surface area (Å²) in [5, 5.41) is 36.1. The Balaban J connectivity index is 0. The van der Waals surface area contributed by atoms with E-state index < -0.39 is 56.2 Å². The maximum Gasteiger partial charge on any atom is 0.333 e. The Labute approximate surface area is 379 Å². The summed E-state index contributed by atoms with van der Waals surface area (Å²) in [6.07, 6.45) is -1.72. The Bertz CT molecular complexity index is 1250. The lowest BCUT2D eigenvalue weighted by Crippen LogP contribution is -2.43. The lowest BCUT2D eigenvalue weighted by molar-refractivity contribution is -0.172. The van der Waals surface area contributed by atoms with Crippen LogP contribution in [0.1, 0.15) is 62.3 Å². The maximum absolute atomic E-state index is 12.6. The molecule has 0 aromatic carbocycles.